The van der Waals surface area contributed by atoms with E-state index in [2.05, 4.69) is 0 Å². The summed E-state index contributed by atoms with van der Waals surface area (Å²) >= 11 is 0. The Morgan fingerprint density at radius 3 is 2.52 bits per heavy atom. The van der Waals surface area contributed by atoms with Crippen LogP contribution in [0, 0.1) is 16.0 Å². The van der Waals surface area contributed by atoms with Crippen molar-refractivity contribution in [2.24, 2.45) is 5.92 Å². The monoisotopic (exact) mass is 344 g/mol. The zero-order chi connectivity index (χ0) is 18.0. The summed E-state index contributed by atoms with van der Waals surface area (Å²) in [5, 5.41) is 20.9. The SMILES string of the molecule is O=C(O)C(C1c2ccccc2C=CN1C(=O)C1CCCCC1)[N+](=O)[O-]. The third-order valence-electron chi connectivity index (χ3n) is 5.02. The van der Waals surface area contributed by atoms with Crippen molar-refractivity contribution >= 4 is 18.0 Å². The number of hydrogen-bond donors (Lipinski definition) is 1. The van der Waals surface area contributed by atoms with Crippen LogP contribution in [0.5, 0.6) is 0 Å². The summed E-state index contributed by atoms with van der Waals surface area (Å²) in [6.07, 6.45) is 7.69. The fourth-order valence-corrected chi connectivity index (χ4v) is 3.77. The van der Waals surface area contributed by atoms with Gasteiger partial charge in [0.05, 0.1) is 0 Å². The zero-order valence-corrected chi connectivity index (χ0v) is 13.7. The minimum absolute atomic E-state index is 0.202. The molecule has 1 N–H and O–H groups in total. The highest BCUT2D eigenvalue weighted by atomic mass is 16.6. The van der Waals surface area contributed by atoms with Crippen molar-refractivity contribution in [1.29, 1.82) is 0 Å². The quantitative estimate of drug-likeness (QED) is 0.668. The summed E-state index contributed by atoms with van der Waals surface area (Å²) in [6.45, 7) is 0. The number of rotatable bonds is 4. The normalized spacial score (nSPS) is 21.4. The largest absolute Gasteiger partial charge is 0.476 e. The maximum absolute atomic E-state index is 13.0. The van der Waals surface area contributed by atoms with Gasteiger partial charge in [-0.1, -0.05) is 43.5 Å². The predicted octanol–water partition coefficient (Wildman–Crippen LogP) is 2.85. The summed E-state index contributed by atoms with van der Waals surface area (Å²) in [5.41, 5.74) is 1.20. The summed E-state index contributed by atoms with van der Waals surface area (Å²) in [6, 6.07) is 3.86. The average Bonchev–Trinajstić information content (AvgIpc) is 2.61. The molecule has 1 amide bonds. The van der Waals surface area contributed by atoms with Gasteiger partial charge in [0, 0.05) is 17.0 Å². The molecule has 1 aromatic rings. The van der Waals surface area contributed by atoms with Crippen molar-refractivity contribution in [2.45, 2.75) is 44.2 Å². The molecule has 2 aliphatic rings. The average molecular weight is 344 g/mol. The molecular weight excluding hydrogens is 324 g/mol. The first-order valence-electron chi connectivity index (χ1n) is 8.46. The predicted molar refractivity (Wildman–Crippen MR) is 90.1 cm³/mol. The molecule has 7 nitrogen and oxygen atoms in total. The van der Waals surface area contributed by atoms with Gasteiger partial charge in [0.15, 0.2) is 0 Å². The van der Waals surface area contributed by atoms with Gasteiger partial charge in [0.25, 0.3) is 0 Å². The number of nitro groups is 1. The van der Waals surface area contributed by atoms with E-state index in [1.54, 1.807) is 30.3 Å². The van der Waals surface area contributed by atoms with Gasteiger partial charge >= 0.3 is 12.0 Å². The number of hydrogen-bond acceptors (Lipinski definition) is 4. The number of benzene rings is 1. The number of fused-ring (bicyclic) bond motifs is 1. The van der Waals surface area contributed by atoms with E-state index >= 15 is 0 Å². The highest BCUT2D eigenvalue weighted by molar-refractivity contribution is 5.84. The highest BCUT2D eigenvalue weighted by Crippen LogP contribution is 2.37. The fraction of sp³-hybridized carbons (Fsp3) is 0.444. The van der Waals surface area contributed by atoms with Gasteiger partial charge in [-0.05, 0) is 30.0 Å². The molecule has 2 unspecified atom stereocenters. The van der Waals surface area contributed by atoms with E-state index in [4.69, 9.17) is 0 Å². The molecule has 0 saturated heterocycles. The first-order valence-corrected chi connectivity index (χ1v) is 8.46. The maximum Gasteiger partial charge on any atom is 0.381 e. The van der Waals surface area contributed by atoms with Crippen LogP contribution in [0.2, 0.25) is 0 Å². The van der Waals surface area contributed by atoms with E-state index in [0.717, 1.165) is 32.1 Å². The maximum atomic E-state index is 13.0. The molecule has 7 heteroatoms. The Morgan fingerprint density at radius 1 is 1.20 bits per heavy atom. The van der Waals surface area contributed by atoms with Gasteiger partial charge in [-0.15, -0.1) is 0 Å². The summed E-state index contributed by atoms with van der Waals surface area (Å²) < 4.78 is 0. The van der Waals surface area contributed by atoms with Crippen LogP contribution in [0.25, 0.3) is 6.08 Å². The fourth-order valence-electron chi connectivity index (χ4n) is 3.77. The van der Waals surface area contributed by atoms with Gasteiger partial charge in [-0.3, -0.25) is 14.9 Å². The zero-order valence-electron chi connectivity index (χ0n) is 13.7. The molecule has 0 aromatic heterocycles. The number of carboxylic acids is 1. The second-order valence-corrected chi connectivity index (χ2v) is 6.54. The molecule has 0 bridgehead atoms. The highest BCUT2D eigenvalue weighted by Gasteiger charge is 2.47. The van der Waals surface area contributed by atoms with E-state index in [9.17, 15) is 24.8 Å². The van der Waals surface area contributed by atoms with Crippen LogP contribution in [0.15, 0.2) is 30.5 Å². The van der Waals surface area contributed by atoms with Crippen LogP contribution in [0.4, 0.5) is 0 Å². The standard InChI is InChI=1S/C18H20N2O5/c21-17(13-7-2-1-3-8-13)19-11-10-12-6-4-5-9-14(12)15(19)16(18(22)23)20(24)25/h4-6,9-11,13,15-16H,1-3,7-8H2,(H,22,23). The molecule has 132 valence electrons. The van der Waals surface area contributed by atoms with E-state index in [1.807, 2.05) is 0 Å². The molecule has 1 aliphatic heterocycles. The van der Waals surface area contributed by atoms with Crippen LogP contribution in [0.3, 0.4) is 0 Å². The Morgan fingerprint density at radius 2 is 1.88 bits per heavy atom. The summed E-state index contributed by atoms with van der Waals surface area (Å²) in [5.74, 6) is -1.96. The number of amides is 1. The van der Waals surface area contributed by atoms with Crippen LogP contribution in [0.1, 0.15) is 49.3 Å². The first kappa shape index (κ1) is 17.1. The second kappa shape index (κ2) is 7.04. The van der Waals surface area contributed by atoms with Crippen LogP contribution < -0.4 is 0 Å². The van der Waals surface area contributed by atoms with Crippen LogP contribution >= 0.6 is 0 Å². The lowest BCUT2D eigenvalue weighted by atomic mass is 9.85. The topological polar surface area (TPSA) is 101 Å². The number of carbonyl (C=O) groups excluding carboxylic acids is 1. The second-order valence-electron chi connectivity index (χ2n) is 6.54. The summed E-state index contributed by atoms with van der Waals surface area (Å²) in [7, 11) is 0. The molecule has 1 heterocycles. The Kier molecular flexibility index (Phi) is 4.83. The first-order chi connectivity index (χ1) is 12.0. The number of carboxylic acid groups (broad SMARTS) is 1. The lowest BCUT2D eigenvalue weighted by molar-refractivity contribution is -0.517. The van der Waals surface area contributed by atoms with Crippen molar-refractivity contribution in [3.8, 4) is 0 Å². The molecule has 0 spiro atoms. The van der Waals surface area contributed by atoms with Crippen LogP contribution in [-0.4, -0.2) is 32.8 Å². The third-order valence-corrected chi connectivity index (χ3v) is 5.02. The lowest BCUT2D eigenvalue weighted by Gasteiger charge is -2.36. The molecule has 25 heavy (non-hydrogen) atoms. The van der Waals surface area contributed by atoms with E-state index in [1.165, 1.54) is 11.1 Å². The molecule has 1 aliphatic carbocycles. The van der Waals surface area contributed by atoms with Crippen molar-refractivity contribution in [3.63, 3.8) is 0 Å². The van der Waals surface area contributed by atoms with Gasteiger partial charge < -0.3 is 10.0 Å². The van der Waals surface area contributed by atoms with Gasteiger partial charge in [0.1, 0.15) is 6.04 Å². The molecule has 2 atom stereocenters. The smallest absolute Gasteiger partial charge is 0.381 e. The van der Waals surface area contributed by atoms with Gasteiger partial charge in [0.2, 0.25) is 5.91 Å². The number of nitrogens with zero attached hydrogens (tertiary/aromatic N) is 2. The minimum Gasteiger partial charge on any atom is -0.476 e. The molecule has 1 saturated carbocycles. The number of carbonyl (C=O) groups is 2. The van der Waals surface area contributed by atoms with Crippen molar-refractivity contribution in [1.82, 2.24) is 4.90 Å². The molecule has 3 rings (SSSR count). The molecule has 1 fully saturated rings. The Labute approximate surface area is 145 Å². The van der Waals surface area contributed by atoms with E-state index < -0.39 is 23.0 Å². The van der Waals surface area contributed by atoms with Gasteiger partial charge in [-0.25, -0.2) is 4.79 Å². The Hall–Kier alpha value is -2.70. The minimum atomic E-state index is -1.90. The number of aliphatic carboxylic acids is 1. The molecule has 1 aromatic carbocycles. The lowest BCUT2D eigenvalue weighted by Crippen LogP contribution is -2.48. The van der Waals surface area contributed by atoms with E-state index in [0.29, 0.717) is 11.1 Å². The molecular formula is C18H20N2O5. The third kappa shape index (κ3) is 3.26. The molecule has 0 radical (unpaired) electrons. The Balaban J connectivity index is 2.02. The van der Waals surface area contributed by atoms with E-state index in [-0.39, 0.29) is 11.8 Å². The Bertz CT molecular complexity index is 710. The summed E-state index contributed by atoms with van der Waals surface area (Å²) in [4.78, 5) is 36.5. The van der Waals surface area contributed by atoms with Crippen molar-refractivity contribution < 1.29 is 19.6 Å². The van der Waals surface area contributed by atoms with Crippen LogP contribution in [-0.2, 0) is 9.59 Å². The van der Waals surface area contributed by atoms with Crippen molar-refractivity contribution in [3.05, 3.63) is 51.7 Å². The van der Waals surface area contributed by atoms with Gasteiger partial charge in [-0.2, -0.15) is 0 Å². The van der Waals surface area contributed by atoms with Crippen molar-refractivity contribution in [2.75, 3.05) is 0 Å².